The van der Waals surface area contributed by atoms with Crippen molar-refractivity contribution in [2.45, 2.75) is 25.4 Å². The quantitative estimate of drug-likeness (QED) is 0.764. The highest BCUT2D eigenvalue weighted by molar-refractivity contribution is 6.30. The minimum atomic E-state index is -0.815. The van der Waals surface area contributed by atoms with Crippen molar-refractivity contribution in [2.75, 3.05) is 0 Å². The van der Waals surface area contributed by atoms with E-state index in [0.29, 0.717) is 10.6 Å². The van der Waals surface area contributed by atoms with Crippen LogP contribution in [0.15, 0.2) is 29.8 Å². The summed E-state index contributed by atoms with van der Waals surface area (Å²) in [5, 5.41) is 10.3. The van der Waals surface area contributed by atoms with Crippen LogP contribution in [0.25, 0.3) is 0 Å². The summed E-state index contributed by atoms with van der Waals surface area (Å²) in [7, 11) is 0. The van der Waals surface area contributed by atoms with Crippen LogP contribution in [0.3, 0.4) is 0 Å². The Morgan fingerprint density at radius 3 is 2.80 bits per heavy atom. The largest absolute Gasteiger partial charge is 0.384 e. The van der Waals surface area contributed by atoms with E-state index in [1.165, 1.54) is 6.07 Å². The molecule has 0 radical (unpaired) electrons. The highest BCUT2D eigenvalue weighted by Crippen LogP contribution is 2.32. The maximum absolute atomic E-state index is 13.5. The van der Waals surface area contributed by atoms with Gasteiger partial charge in [-0.3, -0.25) is 0 Å². The van der Waals surface area contributed by atoms with E-state index in [1.807, 2.05) is 6.08 Å². The molecule has 15 heavy (non-hydrogen) atoms. The lowest BCUT2D eigenvalue weighted by Crippen LogP contribution is -2.02. The molecule has 1 aromatic rings. The summed E-state index contributed by atoms with van der Waals surface area (Å²) >= 11 is 5.65. The zero-order valence-corrected chi connectivity index (χ0v) is 8.97. The molecular formula is C12H12ClFO. The van der Waals surface area contributed by atoms with E-state index in [2.05, 4.69) is 0 Å². The topological polar surface area (TPSA) is 20.2 Å². The summed E-state index contributed by atoms with van der Waals surface area (Å²) in [5.74, 6) is -0.442. The molecule has 0 bridgehead atoms. The maximum Gasteiger partial charge on any atom is 0.130 e. The Labute approximate surface area is 93.2 Å². The third-order valence-electron chi connectivity index (χ3n) is 2.68. The SMILES string of the molecule is OC(C1=CCCC1)c1ccc(Cl)cc1F. The average molecular weight is 227 g/mol. The number of allylic oxidation sites excluding steroid dienone is 1. The number of hydrogen-bond acceptors (Lipinski definition) is 1. The van der Waals surface area contributed by atoms with Gasteiger partial charge in [0.05, 0.1) is 0 Å². The Kier molecular flexibility index (Phi) is 3.08. The first-order valence-corrected chi connectivity index (χ1v) is 5.38. The molecule has 1 unspecified atom stereocenters. The molecular weight excluding hydrogens is 215 g/mol. The van der Waals surface area contributed by atoms with E-state index in [9.17, 15) is 9.50 Å². The van der Waals surface area contributed by atoms with E-state index < -0.39 is 11.9 Å². The predicted molar refractivity (Wildman–Crippen MR) is 58.3 cm³/mol. The standard InChI is InChI=1S/C12H12ClFO/c13-9-5-6-10(11(14)7-9)12(15)8-3-1-2-4-8/h3,5-7,12,15H,1-2,4H2. The van der Waals surface area contributed by atoms with Gasteiger partial charge >= 0.3 is 0 Å². The van der Waals surface area contributed by atoms with Crippen molar-refractivity contribution in [2.24, 2.45) is 0 Å². The van der Waals surface area contributed by atoms with Crippen LogP contribution in [-0.2, 0) is 0 Å². The normalized spacial score (nSPS) is 17.7. The maximum atomic E-state index is 13.5. The second-order valence-corrected chi connectivity index (χ2v) is 4.18. The first-order chi connectivity index (χ1) is 7.18. The minimum Gasteiger partial charge on any atom is -0.384 e. The molecule has 1 atom stereocenters. The van der Waals surface area contributed by atoms with E-state index >= 15 is 0 Å². The average Bonchev–Trinajstić information content (AvgIpc) is 2.69. The van der Waals surface area contributed by atoms with Crippen LogP contribution >= 0.6 is 11.6 Å². The van der Waals surface area contributed by atoms with Gasteiger partial charge in [-0.1, -0.05) is 23.7 Å². The van der Waals surface area contributed by atoms with E-state index in [1.54, 1.807) is 12.1 Å². The molecule has 0 aliphatic heterocycles. The van der Waals surface area contributed by atoms with Crippen LogP contribution in [0.2, 0.25) is 5.02 Å². The van der Waals surface area contributed by atoms with E-state index in [0.717, 1.165) is 24.8 Å². The van der Waals surface area contributed by atoms with Crippen molar-refractivity contribution < 1.29 is 9.50 Å². The molecule has 1 N–H and O–H groups in total. The van der Waals surface area contributed by atoms with Crippen LogP contribution in [0.5, 0.6) is 0 Å². The lowest BCUT2D eigenvalue weighted by Gasteiger charge is -2.13. The van der Waals surface area contributed by atoms with Crippen molar-refractivity contribution in [1.82, 2.24) is 0 Å². The number of halogens is 2. The Morgan fingerprint density at radius 1 is 1.40 bits per heavy atom. The summed E-state index contributed by atoms with van der Waals surface area (Å²) in [6.07, 6.45) is 4.04. The fourth-order valence-electron chi connectivity index (χ4n) is 1.87. The molecule has 0 heterocycles. The van der Waals surface area contributed by atoms with Crippen LogP contribution < -0.4 is 0 Å². The molecule has 2 rings (SSSR count). The van der Waals surface area contributed by atoms with Crippen LogP contribution in [-0.4, -0.2) is 5.11 Å². The molecule has 0 spiro atoms. The number of aliphatic hydroxyl groups is 1. The summed E-state index contributed by atoms with van der Waals surface area (Å²) in [6.45, 7) is 0. The van der Waals surface area contributed by atoms with Gasteiger partial charge in [-0.2, -0.15) is 0 Å². The van der Waals surface area contributed by atoms with Gasteiger partial charge in [-0.05, 0) is 37.0 Å². The molecule has 1 aliphatic carbocycles. The molecule has 0 aromatic heterocycles. The van der Waals surface area contributed by atoms with Gasteiger partial charge in [0.25, 0.3) is 0 Å². The molecule has 0 fully saturated rings. The highest BCUT2D eigenvalue weighted by atomic mass is 35.5. The van der Waals surface area contributed by atoms with E-state index in [4.69, 9.17) is 11.6 Å². The van der Waals surface area contributed by atoms with Crippen molar-refractivity contribution >= 4 is 11.6 Å². The summed E-state index contributed by atoms with van der Waals surface area (Å²) in [5.41, 5.74) is 1.23. The third-order valence-corrected chi connectivity index (χ3v) is 2.92. The first-order valence-electron chi connectivity index (χ1n) is 5.00. The molecule has 0 saturated heterocycles. The van der Waals surface area contributed by atoms with Crippen LogP contribution in [0, 0.1) is 5.82 Å². The van der Waals surface area contributed by atoms with E-state index in [-0.39, 0.29) is 0 Å². The molecule has 3 heteroatoms. The fraction of sp³-hybridized carbons (Fsp3) is 0.333. The summed E-state index contributed by atoms with van der Waals surface area (Å²) < 4.78 is 13.5. The third kappa shape index (κ3) is 2.21. The summed E-state index contributed by atoms with van der Waals surface area (Å²) in [4.78, 5) is 0. The second-order valence-electron chi connectivity index (χ2n) is 3.74. The Bertz CT molecular complexity index is 401. The predicted octanol–water partition coefficient (Wildman–Crippen LogP) is 3.62. The highest BCUT2D eigenvalue weighted by Gasteiger charge is 2.19. The number of hydrogen-bond donors (Lipinski definition) is 1. The first kappa shape index (κ1) is 10.7. The molecule has 80 valence electrons. The van der Waals surface area contributed by atoms with Crippen molar-refractivity contribution in [3.05, 3.63) is 46.3 Å². The van der Waals surface area contributed by atoms with Crippen LogP contribution in [0.1, 0.15) is 30.9 Å². The lowest BCUT2D eigenvalue weighted by atomic mass is 10.0. The van der Waals surface area contributed by atoms with Crippen molar-refractivity contribution in [3.8, 4) is 0 Å². The number of rotatable bonds is 2. The molecule has 0 saturated carbocycles. The zero-order valence-electron chi connectivity index (χ0n) is 8.21. The smallest absolute Gasteiger partial charge is 0.130 e. The summed E-state index contributed by atoms with van der Waals surface area (Å²) in [6, 6.07) is 4.37. The zero-order chi connectivity index (χ0) is 10.8. The molecule has 0 amide bonds. The lowest BCUT2D eigenvalue weighted by molar-refractivity contribution is 0.207. The Balaban J connectivity index is 2.28. The molecule has 1 nitrogen and oxygen atoms in total. The van der Waals surface area contributed by atoms with Gasteiger partial charge in [-0.25, -0.2) is 4.39 Å². The van der Waals surface area contributed by atoms with Crippen molar-refractivity contribution in [1.29, 1.82) is 0 Å². The Hall–Kier alpha value is -0.860. The Morgan fingerprint density at radius 2 is 2.20 bits per heavy atom. The van der Waals surface area contributed by atoms with Gasteiger partial charge in [0.1, 0.15) is 11.9 Å². The monoisotopic (exact) mass is 226 g/mol. The van der Waals surface area contributed by atoms with Crippen LogP contribution in [0.4, 0.5) is 4.39 Å². The van der Waals surface area contributed by atoms with Gasteiger partial charge in [0.15, 0.2) is 0 Å². The number of benzene rings is 1. The van der Waals surface area contributed by atoms with Gasteiger partial charge < -0.3 is 5.11 Å². The van der Waals surface area contributed by atoms with Crippen molar-refractivity contribution in [3.63, 3.8) is 0 Å². The minimum absolute atomic E-state index is 0.313. The molecule has 1 aliphatic rings. The fourth-order valence-corrected chi connectivity index (χ4v) is 2.03. The van der Waals surface area contributed by atoms with Gasteiger partial charge in [0.2, 0.25) is 0 Å². The van der Waals surface area contributed by atoms with Gasteiger partial charge in [0, 0.05) is 10.6 Å². The van der Waals surface area contributed by atoms with Gasteiger partial charge in [-0.15, -0.1) is 0 Å². The molecule has 1 aromatic carbocycles. The second kappa shape index (κ2) is 4.33. The number of aliphatic hydroxyl groups excluding tert-OH is 1.